The summed E-state index contributed by atoms with van der Waals surface area (Å²) in [5.74, 6) is -0.801. The Bertz CT molecular complexity index is 239. The molecule has 0 spiro atoms. The highest BCUT2D eigenvalue weighted by atomic mass is 35.5. The summed E-state index contributed by atoms with van der Waals surface area (Å²) in [4.78, 5) is 11.8. The number of hydrogen-bond donors (Lipinski definition) is 0. The van der Waals surface area contributed by atoms with Gasteiger partial charge in [-0.1, -0.05) is 6.92 Å². The van der Waals surface area contributed by atoms with E-state index in [9.17, 15) is 4.79 Å². The molecule has 0 amide bonds. The van der Waals surface area contributed by atoms with Gasteiger partial charge in [-0.3, -0.25) is 4.79 Å². The lowest BCUT2D eigenvalue weighted by Crippen LogP contribution is -2.43. The standard InChI is InChI=1S/C12H21ClO4/c1-3-10(11(14)15-2)12(6-4-5-7-13)16-8-9-17-12/h10H,3-9H2,1-2H3. The summed E-state index contributed by atoms with van der Waals surface area (Å²) in [6, 6.07) is 0. The van der Waals surface area contributed by atoms with Gasteiger partial charge in [-0.25, -0.2) is 0 Å². The first-order valence-electron chi connectivity index (χ1n) is 6.12. The van der Waals surface area contributed by atoms with Crippen LogP contribution in [0.3, 0.4) is 0 Å². The van der Waals surface area contributed by atoms with Crippen molar-refractivity contribution in [1.82, 2.24) is 0 Å². The highest BCUT2D eigenvalue weighted by molar-refractivity contribution is 6.17. The van der Waals surface area contributed by atoms with Crippen molar-refractivity contribution in [3.8, 4) is 0 Å². The second kappa shape index (κ2) is 7.19. The van der Waals surface area contributed by atoms with Crippen LogP contribution in [0, 0.1) is 5.92 Å². The number of alkyl halides is 1. The Morgan fingerprint density at radius 2 is 2.06 bits per heavy atom. The average molecular weight is 265 g/mol. The average Bonchev–Trinajstić information content (AvgIpc) is 2.80. The van der Waals surface area contributed by atoms with E-state index < -0.39 is 5.79 Å². The molecule has 0 radical (unpaired) electrons. The van der Waals surface area contributed by atoms with Crippen LogP contribution in [0.2, 0.25) is 0 Å². The third kappa shape index (κ3) is 3.57. The zero-order valence-electron chi connectivity index (χ0n) is 10.5. The minimum atomic E-state index is -0.798. The molecule has 17 heavy (non-hydrogen) atoms. The van der Waals surface area contributed by atoms with Gasteiger partial charge in [-0.15, -0.1) is 11.6 Å². The molecule has 0 aliphatic carbocycles. The third-order valence-electron chi connectivity index (χ3n) is 3.11. The van der Waals surface area contributed by atoms with E-state index in [0.29, 0.717) is 31.9 Å². The van der Waals surface area contributed by atoms with E-state index in [0.717, 1.165) is 12.8 Å². The Morgan fingerprint density at radius 1 is 1.41 bits per heavy atom. The lowest BCUT2D eigenvalue weighted by atomic mass is 9.91. The van der Waals surface area contributed by atoms with Crippen molar-refractivity contribution >= 4 is 17.6 Å². The number of unbranched alkanes of at least 4 members (excludes halogenated alkanes) is 1. The van der Waals surface area contributed by atoms with Gasteiger partial charge in [0.2, 0.25) is 0 Å². The first-order chi connectivity index (χ1) is 8.20. The van der Waals surface area contributed by atoms with Crippen LogP contribution < -0.4 is 0 Å². The van der Waals surface area contributed by atoms with Gasteiger partial charge in [0.1, 0.15) is 5.92 Å². The van der Waals surface area contributed by atoms with Crippen molar-refractivity contribution in [3.05, 3.63) is 0 Å². The van der Waals surface area contributed by atoms with Crippen molar-refractivity contribution < 1.29 is 19.0 Å². The van der Waals surface area contributed by atoms with Crippen LogP contribution >= 0.6 is 11.6 Å². The monoisotopic (exact) mass is 264 g/mol. The molecule has 1 aliphatic rings. The number of rotatable bonds is 7. The van der Waals surface area contributed by atoms with Crippen LogP contribution in [0.5, 0.6) is 0 Å². The normalized spacial score (nSPS) is 20.2. The molecule has 0 aromatic carbocycles. The number of carbonyl (C=O) groups excluding carboxylic acids is 1. The predicted octanol–water partition coefficient (Wildman–Crippen LogP) is 2.34. The number of hydrogen-bond acceptors (Lipinski definition) is 4. The summed E-state index contributed by atoms with van der Waals surface area (Å²) in [5.41, 5.74) is 0. The lowest BCUT2D eigenvalue weighted by Gasteiger charge is -2.33. The van der Waals surface area contributed by atoms with Crippen LogP contribution in [-0.4, -0.2) is 38.0 Å². The second-order valence-corrected chi connectivity index (χ2v) is 4.52. The molecule has 4 nitrogen and oxygen atoms in total. The maximum Gasteiger partial charge on any atom is 0.314 e. The van der Waals surface area contributed by atoms with E-state index in [4.69, 9.17) is 25.8 Å². The first-order valence-corrected chi connectivity index (χ1v) is 6.65. The van der Waals surface area contributed by atoms with Gasteiger partial charge in [0.25, 0.3) is 0 Å². The molecule has 1 heterocycles. The van der Waals surface area contributed by atoms with Crippen molar-refractivity contribution in [2.24, 2.45) is 5.92 Å². The first kappa shape index (κ1) is 14.7. The molecule has 5 heteroatoms. The van der Waals surface area contributed by atoms with Crippen LogP contribution in [0.4, 0.5) is 0 Å². The maximum absolute atomic E-state index is 11.8. The number of esters is 1. The summed E-state index contributed by atoms with van der Waals surface area (Å²) in [5, 5.41) is 0. The van der Waals surface area contributed by atoms with E-state index in [1.165, 1.54) is 7.11 Å². The zero-order chi connectivity index (χ0) is 12.7. The minimum Gasteiger partial charge on any atom is -0.469 e. The van der Waals surface area contributed by atoms with Gasteiger partial charge in [-0.2, -0.15) is 0 Å². The van der Waals surface area contributed by atoms with E-state index >= 15 is 0 Å². The minimum absolute atomic E-state index is 0.264. The molecule has 1 rings (SSSR count). The molecule has 1 unspecified atom stereocenters. The quantitative estimate of drug-likeness (QED) is 0.402. The molecular weight excluding hydrogens is 244 g/mol. The van der Waals surface area contributed by atoms with Gasteiger partial charge in [-0.05, 0) is 19.3 Å². The van der Waals surface area contributed by atoms with Crippen molar-refractivity contribution in [1.29, 1.82) is 0 Å². The molecule has 0 N–H and O–H groups in total. The fraction of sp³-hybridized carbons (Fsp3) is 0.917. The van der Waals surface area contributed by atoms with Crippen LogP contribution in [0.1, 0.15) is 32.6 Å². The molecule has 0 saturated carbocycles. The van der Waals surface area contributed by atoms with Gasteiger partial charge in [0.15, 0.2) is 5.79 Å². The van der Waals surface area contributed by atoms with E-state index in [-0.39, 0.29) is 11.9 Å². The van der Waals surface area contributed by atoms with Gasteiger partial charge in [0, 0.05) is 12.3 Å². The van der Waals surface area contributed by atoms with Crippen LogP contribution in [-0.2, 0) is 19.0 Å². The Balaban J connectivity index is 2.70. The van der Waals surface area contributed by atoms with Crippen LogP contribution in [0.15, 0.2) is 0 Å². The molecule has 1 saturated heterocycles. The summed E-state index contributed by atoms with van der Waals surface area (Å²) in [6.07, 6.45) is 3.12. The summed E-state index contributed by atoms with van der Waals surface area (Å²) in [7, 11) is 1.40. The molecule has 1 atom stereocenters. The number of methoxy groups -OCH3 is 1. The molecule has 1 fully saturated rings. The Morgan fingerprint density at radius 3 is 2.53 bits per heavy atom. The highest BCUT2D eigenvalue weighted by Gasteiger charge is 2.47. The second-order valence-electron chi connectivity index (χ2n) is 4.14. The van der Waals surface area contributed by atoms with E-state index in [2.05, 4.69) is 0 Å². The highest BCUT2D eigenvalue weighted by Crippen LogP contribution is 2.36. The number of ether oxygens (including phenoxy) is 3. The fourth-order valence-corrected chi connectivity index (χ4v) is 2.44. The third-order valence-corrected chi connectivity index (χ3v) is 3.38. The molecule has 100 valence electrons. The topological polar surface area (TPSA) is 44.8 Å². The van der Waals surface area contributed by atoms with Gasteiger partial charge < -0.3 is 14.2 Å². The predicted molar refractivity (Wildman–Crippen MR) is 65.0 cm³/mol. The van der Waals surface area contributed by atoms with Crippen LogP contribution in [0.25, 0.3) is 0 Å². The molecule has 0 aromatic heterocycles. The Labute approximate surface area is 108 Å². The summed E-state index contributed by atoms with van der Waals surface area (Å²) >= 11 is 5.66. The Hall–Kier alpha value is -0.320. The zero-order valence-corrected chi connectivity index (χ0v) is 11.3. The van der Waals surface area contributed by atoms with Crippen molar-refractivity contribution in [3.63, 3.8) is 0 Å². The van der Waals surface area contributed by atoms with Crippen molar-refractivity contribution in [2.45, 2.75) is 38.4 Å². The largest absolute Gasteiger partial charge is 0.469 e. The molecule has 0 aromatic rings. The molecular formula is C12H21ClO4. The molecule has 1 aliphatic heterocycles. The van der Waals surface area contributed by atoms with E-state index in [1.807, 2.05) is 6.92 Å². The summed E-state index contributed by atoms with van der Waals surface area (Å²) in [6.45, 7) is 3.01. The smallest absolute Gasteiger partial charge is 0.314 e. The maximum atomic E-state index is 11.8. The fourth-order valence-electron chi connectivity index (χ4n) is 2.26. The number of carbonyl (C=O) groups is 1. The van der Waals surface area contributed by atoms with E-state index in [1.54, 1.807) is 0 Å². The van der Waals surface area contributed by atoms with Gasteiger partial charge >= 0.3 is 5.97 Å². The van der Waals surface area contributed by atoms with Gasteiger partial charge in [0.05, 0.1) is 20.3 Å². The summed E-state index contributed by atoms with van der Waals surface area (Å²) < 4.78 is 16.2. The lowest BCUT2D eigenvalue weighted by molar-refractivity contribution is -0.212. The molecule has 0 bridgehead atoms. The SMILES string of the molecule is CCC(C(=O)OC)C1(CCCCCl)OCCO1. The number of halogens is 1. The van der Waals surface area contributed by atoms with Crippen molar-refractivity contribution in [2.75, 3.05) is 26.2 Å². The Kier molecular flexibility index (Phi) is 6.23.